The highest BCUT2D eigenvalue weighted by atomic mass is 16.1. The minimum absolute atomic E-state index is 0.0588. The SMILES string of the molecule is CCCCNC(=O)CNc1ccc(N2CCCCC2)cc1. The van der Waals surface area contributed by atoms with E-state index >= 15 is 0 Å². The van der Waals surface area contributed by atoms with Gasteiger partial charge < -0.3 is 15.5 Å². The molecule has 2 rings (SSSR count). The molecule has 0 aliphatic carbocycles. The summed E-state index contributed by atoms with van der Waals surface area (Å²) in [7, 11) is 0. The molecule has 116 valence electrons. The van der Waals surface area contributed by atoms with E-state index in [-0.39, 0.29) is 5.91 Å². The minimum Gasteiger partial charge on any atom is -0.376 e. The largest absolute Gasteiger partial charge is 0.376 e. The van der Waals surface area contributed by atoms with Crippen LogP contribution in [-0.2, 0) is 4.79 Å². The van der Waals surface area contributed by atoms with Crippen molar-refractivity contribution in [3.8, 4) is 0 Å². The molecular weight excluding hydrogens is 262 g/mol. The van der Waals surface area contributed by atoms with Crippen LogP contribution in [-0.4, -0.2) is 32.1 Å². The van der Waals surface area contributed by atoms with E-state index in [4.69, 9.17) is 0 Å². The maximum absolute atomic E-state index is 11.6. The van der Waals surface area contributed by atoms with Gasteiger partial charge in [0.1, 0.15) is 0 Å². The Kier molecular flexibility index (Phi) is 6.38. The predicted octanol–water partition coefficient (Wildman–Crippen LogP) is 3.01. The molecule has 1 amide bonds. The lowest BCUT2D eigenvalue weighted by Gasteiger charge is -2.28. The minimum atomic E-state index is 0.0588. The zero-order valence-electron chi connectivity index (χ0n) is 13.0. The molecule has 0 atom stereocenters. The van der Waals surface area contributed by atoms with E-state index in [0.29, 0.717) is 6.54 Å². The Labute approximate surface area is 127 Å². The maximum atomic E-state index is 11.6. The second-order valence-corrected chi connectivity index (χ2v) is 5.65. The van der Waals surface area contributed by atoms with Crippen molar-refractivity contribution in [1.29, 1.82) is 0 Å². The third kappa shape index (κ3) is 5.29. The van der Waals surface area contributed by atoms with Crippen LogP contribution in [0.1, 0.15) is 39.0 Å². The second kappa shape index (κ2) is 8.55. The summed E-state index contributed by atoms with van der Waals surface area (Å²) >= 11 is 0. The number of benzene rings is 1. The summed E-state index contributed by atoms with van der Waals surface area (Å²) in [5.41, 5.74) is 2.29. The highest BCUT2D eigenvalue weighted by Crippen LogP contribution is 2.21. The molecule has 1 heterocycles. The first-order chi connectivity index (χ1) is 10.3. The monoisotopic (exact) mass is 289 g/mol. The topological polar surface area (TPSA) is 44.4 Å². The number of rotatable bonds is 7. The Morgan fingerprint density at radius 3 is 2.52 bits per heavy atom. The molecular formula is C17H27N3O. The molecule has 0 bridgehead atoms. The lowest BCUT2D eigenvalue weighted by Crippen LogP contribution is -2.30. The second-order valence-electron chi connectivity index (χ2n) is 5.65. The number of nitrogens with one attached hydrogen (secondary N) is 2. The van der Waals surface area contributed by atoms with Gasteiger partial charge in [-0.1, -0.05) is 13.3 Å². The van der Waals surface area contributed by atoms with Gasteiger partial charge in [0.05, 0.1) is 6.54 Å². The molecule has 0 unspecified atom stereocenters. The molecule has 1 saturated heterocycles. The van der Waals surface area contributed by atoms with E-state index in [2.05, 4.69) is 46.7 Å². The quantitative estimate of drug-likeness (QED) is 0.758. The fourth-order valence-electron chi connectivity index (χ4n) is 2.59. The van der Waals surface area contributed by atoms with Gasteiger partial charge in [-0.2, -0.15) is 0 Å². The molecule has 4 heteroatoms. The van der Waals surface area contributed by atoms with Crippen LogP contribution in [0.25, 0.3) is 0 Å². The van der Waals surface area contributed by atoms with Gasteiger partial charge in [-0.25, -0.2) is 0 Å². The standard InChI is InChI=1S/C17H27N3O/c1-2-3-11-18-17(21)14-19-15-7-9-16(10-8-15)20-12-5-4-6-13-20/h7-10,19H,2-6,11-14H2,1H3,(H,18,21). The first kappa shape index (κ1) is 15.7. The van der Waals surface area contributed by atoms with Crippen molar-refractivity contribution < 1.29 is 4.79 Å². The molecule has 2 N–H and O–H groups in total. The van der Waals surface area contributed by atoms with Crippen molar-refractivity contribution in [3.05, 3.63) is 24.3 Å². The van der Waals surface area contributed by atoms with E-state index in [0.717, 1.165) is 38.2 Å². The molecule has 0 radical (unpaired) electrons. The van der Waals surface area contributed by atoms with Gasteiger partial charge in [0, 0.05) is 31.0 Å². The average Bonchev–Trinajstić information content (AvgIpc) is 2.54. The molecule has 1 aromatic carbocycles. The van der Waals surface area contributed by atoms with Crippen LogP contribution in [0.15, 0.2) is 24.3 Å². The van der Waals surface area contributed by atoms with E-state index in [9.17, 15) is 4.79 Å². The van der Waals surface area contributed by atoms with Crippen LogP contribution in [0.4, 0.5) is 11.4 Å². The summed E-state index contributed by atoms with van der Waals surface area (Å²) < 4.78 is 0. The summed E-state index contributed by atoms with van der Waals surface area (Å²) in [6.45, 7) is 5.55. The Hall–Kier alpha value is -1.71. The number of nitrogens with zero attached hydrogens (tertiary/aromatic N) is 1. The number of amides is 1. The molecule has 1 fully saturated rings. The molecule has 21 heavy (non-hydrogen) atoms. The summed E-state index contributed by atoms with van der Waals surface area (Å²) in [4.78, 5) is 14.1. The van der Waals surface area contributed by atoms with Crippen LogP contribution in [0.3, 0.4) is 0 Å². The number of hydrogen-bond acceptors (Lipinski definition) is 3. The van der Waals surface area contributed by atoms with Gasteiger partial charge in [0.25, 0.3) is 0 Å². The Morgan fingerprint density at radius 1 is 1.14 bits per heavy atom. The van der Waals surface area contributed by atoms with Crippen LogP contribution in [0.2, 0.25) is 0 Å². The van der Waals surface area contributed by atoms with Gasteiger partial charge in [-0.05, 0) is 49.9 Å². The third-order valence-corrected chi connectivity index (χ3v) is 3.89. The fraction of sp³-hybridized carbons (Fsp3) is 0.588. The fourth-order valence-corrected chi connectivity index (χ4v) is 2.59. The summed E-state index contributed by atoms with van der Waals surface area (Å²) in [6.07, 6.45) is 6.07. The molecule has 1 aliphatic heterocycles. The van der Waals surface area contributed by atoms with Gasteiger partial charge in [-0.15, -0.1) is 0 Å². The van der Waals surface area contributed by atoms with Gasteiger partial charge in [-0.3, -0.25) is 4.79 Å². The van der Waals surface area contributed by atoms with E-state index in [1.807, 2.05) is 0 Å². The van der Waals surface area contributed by atoms with Crippen molar-refractivity contribution in [2.45, 2.75) is 39.0 Å². The third-order valence-electron chi connectivity index (χ3n) is 3.89. The highest BCUT2D eigenvalue weighted by molar-refractivity contribution is 5.80. The number of unbranched alkanes of at least 4 members (excludes halogenated alkanes) is 1. The van der Waals surface area contributed by atoms with Crippen molar-refractivity contribution in [3.63, 3.8) is 0 Å². The van der Waals surface area contributed by atoms with Crippen LogP contribution in [0.5, 0.6) is 0 Å². The molecule has 1 aliphatic rings. The van der Waals surface area contributed by atoms with Gasteiger partial charge in [0.15, 0.2) is 0 Å². The van der Waals surface area contributed by atoms with Gasteiger partial charge >= 0.3 is 0 Å². The zero-order valence-corrected chi connectivity index (χ0v) is 13.0. The van der Waals surface area contributed by atoms with Crippen LogP contribution >= 0.6 is 0 Å². The summed E-state index contributed by atoms with van der Waals surface area (Å²) in [5.74, 6) is 0.0588. The first-order valence-corrected chi connectivity index (χ1v) is 8.15. The molecule has 0 spiro atoms. The van der Waals surface area contributed by atoms with Crippen LogP contribution < -0.4 is 15.5 Å². The summed E-state index contributed by atoms with van der Waals surface area (Å²) in [5, 5.41) is 6.08. The number of carbonyl (C=O) groups excluding carboxylic acids is 1. The smallest absolute Gasteiger partial charge is 0.239 e. The first-order valence-electron chi connectivity index (χ1n) is 8.15. The number of piperidine rings is 1. The number of anilines is 2. The number of carbonyl (C=O) groups is 1. The maximum Gasteiger partial charge on any atom is 0.239 e. The molecule has 0 aromatic heterocycles. The number of hydrogen-bond donors (Lipinski definition) is 2. The Morgan fingerprint density at radius 2 is 1.86 bits per heavy atom. The Bertz CT molecular complexity index is 424. The lowest BCUT2D eigenvalue weighted by molar-refractivity contribution is -0.119. The molecule has 1 aromatic rings. The lowest BCUT2D eigenvalue weighted by atomic mass is 10.1. The van der Waals surface area contributed by atoms with Crippen molar-refractivity contribution in [2.75, 3.05) is 36.4 Å². The zero-order chi connectivity index (χ0) is 14.9. The van der Waals surface area contributed by atoms with E-state index in [1.54, 1.807) is 0 Å². The molecule has 4 nitrogen and oxygen atoms in total. The van der Waals surface area contributed by atoms with Crippen molar-refractivity contribution >= 4 is 17.3 Å². The van der Waals surface area contributed by atoms with Crippen LogP contribution in [0, 0.1) is 0 Å². The molecule has 0 saturated carbocycles. The van der Waals surface area contributed by atoms with E-state index < -0.39 is 0 Å². The highest BCUT2D eigenvalue weighted by Gasteiger charge is 2.10. The van der Waals surface area contributed by atoms with E-state index in [1.165, 1.54) is 24.9 Å². The summed E-state index contributed by atoms with van der Waals surface area (Å²) in [6, 6.07) is 8.40. The Balaban J connectivity index is 1.75. The van der Waals surface area contributed by atoms with Gasteiger partial charge in [0.2, 0.25) is 5.91 Å². The van der Waals surface area contributed by atoms with Crippen molar-refractivity contribution in [1.82, 2.24) is 5.32 Å². The predicted molar refractivity (Wildman–Crippen MR) is 88.9 cm³/mol. The average molecular weight is 289 g/mol. The van der Waals surface area contributed by atoms with Crippen molar-refractivity contribution in [2.24, 2.45) is 0 Å². The normalized spacial score (nSPS) is 14.8.